The molecule has 0 bridgehead atoms. The molecule has 0 saturated carbocycles. The highest BCUT2D eigenvalue weighted by Crippen LogP contribution is 2.16. The molecular formula is C25H22N4O3. The number of carbonyl (C=O) groups excluding carboxylic acids is 1. The zero-order valence-corrected chi connectivity index (χ0v) is 18.0. The van der Waals surface area contributed by atoms with Crippen LogP contribution in [0.25, 0.3) is 10.9 Å². The van der Waals surface area contributed by atoms with Crippen LogP contribution in [0.4, 0.5) is 5.69 Å². The molecule has 0 aliphatic rings. The molecule has 32 heavy (non-hydrogen) atoms. The monoisotopic (exact) mass is 426 g/mol. The smallest absolute Gasteiger partial charge is 0.343 e. The van der Waals surface area contributed by atoms with E-state index in [2.05, 4.69) is 10.1 Å². The van der Waals surface area contributed by atoms with Crippen LogP contribution in [0.5, 0.6) is 5.75 Å². The van der Waals surface area contributed by atoms with Crippen molar-refractivity contribution in [2.24, 2.45) is 5.10 Å². The summed E-state index contributed by atoms with van der Waals surface area (Å²) in [6.45, 7) is 1.73. The average molecular weight is 426 g/mol. The van der Waals surface area contributed by atoms with Gasteiger partial charge in [-0.3, -0.25) is 4.79 Å². The van der Waals surface area contributed by atoms with Gasteiger partial charge in [0.15, 0.2) is 0 Å². The van der Waals surface area contributed by atoms with Crippen molar-refractivity contribution in [2.45, 2.75) is 6.92 Å². The number of esters is 1. The summed E-state index contributed by atoms with van der Waals surface area (Å²) < 4.78 is 6.71. The molecule has 4 rings (SSSR count). The van der Waals surface area contributed by atoms with Gasteiger partial charge in [-0.2, -0.15) is 9.78 Å². The molecule has 0 amide bonds. The van der Waals surface area contributed by atoms with Gasteiger partial charge in [-0.25, -0.2) is 9.78 Å². The molecule has 7 heteroatoms. The van der Waals surface area contributed by atoms with E-state index in [9.17, 15) is 9.59 Å². The summed E-state index contributed by atoms with van der Waals surface area (Å²) in [7, 11) is 3.87. The number of benzene rings is 3. The van der Waals surface area contributed by atoms with E-state index in [0.29, 0.717) is 28.0 Å². The Morgan fingerprint density at radius 1 is 1.00 bits per heavy atom. The fraction of sp³-hybridized carbons (Fsp3) is 0.120. The van der Waals surface area contributed by atoms with Gasteiger partial charge < -0.3 is 9.64 Å². The predicted molar refractivity (Wildman–Crippen MR) is 126 cm³/mol. The van der Waals surface area contributed by atoms with Gasteiger partial charge >= 0.3 is 5.97 Å². The Morgan fingerprint density at radius 3 is 2.38 bits per heavy atom. The van der Waals surface area contributed by atoms with Crippen molar-refractivity contribution in [1.82, 2.24) is 9.66 Å². The SMILES string of the molecule is Cc1nc2ccccc2c(=O)n1/N=C/c1ccc(OC(=O)c2ccc(N(C)C)cc2)cc1. The molecule has 0 fully saturated rings. The summed E-state index contributed by atoms with van der Waals surface area (Å²) in [6.07, 6.45) is 1.57. The Kier molecular flexibility index (Phi) is 5.81. The maximum absolute atomic E-state index is 12.7. The van der Waals surface area contributed by atoms with Crippen LogP contribution in [0.15, 0.2) is 82.7 Å². The maximum atomic E-state index is 12.7. The molecule has 1 aromatic heterocycles. The van der Waals surface area contributed by atoms with Gasteiger partial charge in [0.05, 0.1) is 22.7 Å². The third-order valence-electron chi connectivity index (χ3n) is 4.95. The highest BCUT2D eigenvalue weighted by Gasteiger charge is 2.09. The van der Waals surface area contributed by atoms with Gasteiger partial charge in [0.1, 0.15) is 11.6 Å². The Bertz CT molecular complexity index is 1360. The minimum Gasteiger partial charge on any atom is -0.423 e. The third-order valence-corrected chi connectivity index (χ3v) is 4.95. The van der Waals surface area contributed by atoms with Crippen molar-refractivity contribution >= 4 is 28.8 Å². The van der Waals surface area contributed by atoms with Gasteiger partial charge in [-0.1, -0.05) is 12.1 Å². The fourth-order valence-electron chi connectivity index (χ4n) is 3.18. The number of nitrogens with zero attached hydrogens (tertiary/aromatic N) is 4. The normalized spacial score (nSPS) is 11.1. The van der Waals surface area contributed by atoms with Crippen LogP contribution >= 0.6 is 0 Å². The molecule has 0 aliphatic heterocycles. The molecule has 7 nitrogen and oxygen atoms in total. The molecule has 0 atom stereocenters. The molecule has 0 unspecified atom stereocenters. The van der Waals surface area contributed by atoms with E-state index in [-0.39, 0.29) is 5.56 Å². The summed E-state index contributed by atoms with van der Waals surface area (Å²) in [6, 6.07) is 21.2. The van der Waals surface area contributed by atoms with Crippen molar-refractivity contribution in [3.8, 4) is 5.75 Å². The molecule has 4 aromatic rings. The number of ether oxygens (including phenoxy) is 1. The highest BCUT2D eigenvalue weighted by atomic mass is 16.5. The van der Waals surface area contributed by atoms with Crippen molar-refractivity contribution in [2.75, 3.05) is 19.0 Å². The van der Waals surface area contributed by atoms with Crippen LogP contribution in [-0.4, -0.2) is 35.9 Å². The fourth-order valence-corrected chi connectivity index (χ4v) is 3.18. The second-order valence-corrected chi connectivity index (χ2v) is 7.44. The first-order valence-corrected chi connectivity index (χ1v) is 10.0. The summed E-state index contributed by atoms with van der Waals surface area (Å²) in [5.41, 5.74) is 2.64. The average Bonchev–Trinajstić information content (AvgIpc) is 2.80. The molecular weight excluding hydrogens is 404 g/mol. The number of fused-ring (bicyclic) bond motifs is 1. The van der Waals surface area contributed by atoms with Crippen molar-refractivity contribution < 1.29 is 9.53 Å². The predicted octanol–water partition coefficient (Wildman–Crippen LogP) is 3.87. The van der Waals surface area contributed by atoms with Gasteiger partial charge in [0, 0.05) is 19.8 Å². The van der Waals surface area contributed by atoms with Crippen LogP contribution in [0.1, 0.15) is 21.7 Å². The van der Waals surface area contributed by atoms with Crippen LogP contribution in [-0.2, 0) is 0 Å². The molecule has 0 N–H and O–H groups in total. The number of carbonyl (C=O) groups is 1. The second kappa shape index (κ2) is 8.85. The molecule has 0 radical (unpaired) electrons. The minimum atomic E-state index is -0.430. The van der Waals surface area contributed by atoms with Gasteiger partial charge in [0.25, 0.3) is 5.56 Å². The number of anilines is 1. The van der Waals surface area contributed by atoms with Crippen LogP contribution < -0.4 is 15.2 Å². The van der Waals surface area contributed by atoms with Crippen molar-refractivity contribution in [3.63, 3.8) is 0 Å². The topological polar surface area (TPSA) is 76.8 Å². The Hall–Kier alpha value is -4.26. The van der Waals surface area contributed by atoms with E-state index in [1.54, 1.807) is 67.7 Å². The molecule has 0 aliphatic carbocycles. The van der Waals surface area contributed by atoms with E-state index in [1.807, 2.05) is 37.2 Å². The summed E-state index contributed by atoms with van der Waals surface area (Å²) in [5, 5.41) is 4.80. The van der Waals surface area contributed by atoms with Crippen molar-refractivity contribution in [3.05, 3.63) is 100 Å². The summed E-state index contributed by atoms with van der Waals surface area (Å²) >= 11 is 0. The first-order valence-electron chi connectivity index (χ1n) is 10.0. The maximum Gasteiger partial charge on any atom is 0.343 e. The van der Waals surface area contributed by atoms with Gasteiger partial charge in [-0.05, 0) is 73.2 Å². The number of aromatic nitrogens is 2. The lowest BCUT2D eigenvalue weighted by molar-refractivity contribution is 0.0735. The lowest BCUT2D eigenvalue weighted by atomic mass is 10.2. The molecule has 1 heterocycles. The Labute approximate surface area is 185 Å². The van der Waals surface area contributed by atoms with Crippen molar-refractivity contribution in [1.29, 1.82) is 0 Å². The number of aryl methyl sites for hydroxylation is 1. The summed E-state index contributed by atoms with van der Waals surface area (Å²) in [4.78, 5) is 31.4. The standard InChI is InChI=1S/C25H22N4O3/c1-17-27-23-7-5-4-6-22(23)24(30)29(17)26-16-18-8-14-21(15-9-18)32-25(31)19-10-12-20(13-11-19)28(2)3/h4-16H,1-3H3/b26-16+. The number of hydrogen-bond acceptors (Lipinski definition) is 6. The van der Waals surface area contributed by atoms with E-state index >= 15 is 0 Å². The van der Waals surface area contributed by atoms with E-state index in [1.165, 1.54) is 4.68 Å². The molecule has 3 aromatic carbocycles. The molecule has 0 saturated heterocycles. The Balaban J connectivity index is 1.48. The first-order chi connectivity index (χ1) is 15.4. The van der Waals surface area contributed by atoms with Crippen LogP contribution in [0.2, 0.25) is 0 Å². The lowest BCUT2D eigenvalue weighted by Crippen LogP contribution is -2.20. The van der Waals surface area contributed by atoms with Crippen LogP contribution in [0, 0.1) is 6.92 Å². The zero-order valence-electron chi connectivity index (χ0n) is 18.0. The third kappa shape index (κ3) is 4.41. The van der Waals surface area contributed by atoms with Gasteiger partial charge in [-0.15, -0.1) is 0 Å². The zero-order chi connectivity index (χ0) is 22.7. The number of hydrogen-bond donors (Lipinski definition) is 0. The largest absolute Gasteiger partial charge is 0.423 e. The quantitative estimate of drug-likeness (QED) is 0.275. The second-order valence-electron chi connectivity index (χ2n) is 7.44. The Morgan fingerprint density at radius 2 is 1.69 bits per heavy atom. The van der Waals surface area contributed by atoms with E-state index in [0.717, 1.165) is 11.3 Å². The van der Waals surface area contributed by atoms with Crippen LogP contribution in [0.3, 0.4) is 0 Å². The lowest BCUT2D eigenvalue weighted by Gasteiger charge is -2.12. The number of para-hydroxylation sites is 1. The molecule has 0 spiro atoms. The summed E-state index contributed by atoms with van der Waals surface area (Å²) in [5.74, 6) is 0.487. The van der Waals surface area contributed by atoms with E-state index < -0.39 is 5.97 Å². The highest BCUT2D eigenvalue weighted by molar-refractivity contribution is 5.91. The number of rotatable bonds is 5. The molecule has 160 valence electrons. The van der Waals surface area contributed by atoms with Gasteiger partial charge in [0.2, 0.25) is 0 Å². The minimum absolute atomic E-state index is 0.227. The first kappa shape index (κ1) is 21.0. The van der Waals surface area contributed by atoms with E-state index in [4.69, 9.17) is 4.74 Å².